The second-order valence-corrected chi connectivity index (χ2v) is 7.49. The summed E-state index contributed by atoms with van der Waals surface area (Å²) >= 11 is 0. The van der Waals surface area contributed by atoms with E-state index in [4.69, 9.17) is 4.74 Å². The normalized spacial score (nSPS) is 17.2. The van der Waals surface area contributed by atoms with E-state index in [0.717, 1.165) is 69.7 Å². The van der Waals surface area contributed by atoms with Crippen molar-refractivity contribution >= 4 is 11.6 Å². The van der Waals surface area contributed by atoms with Gasteiger partial charge in [-0.15, -0.1) is 10.2 Å². The van der Waals surface area contributed by atoms with Gasteiger partial charge in [-0.1, -0.05) is 19.9 Å². The van der Waals surface area contributed by atoms with Crippen LogP contribution in [0.5, 0.6) is 0 Å². The Bertz CT molecular complexity index is 752. The summed E-state index contributed by atoms with van der Waals surface area (Å²) in [5.41, 5.74) is 0.894. The van der Waals surface area contributed by atoms with Crippen LogP contribution in [0.1, 0.15) is 26.1 Å². The summed E-state index contributed by atoms with van der Waals surface area (Å²) in [7, 11) is 1.82. The van der Waals surface area contributed by atoms with E-state index < -0.39 is 0 Å². The van der Waals surface area contributed by atoms with Gasteiger partial charge in [0.2, 0.25) is 0 Å². The zero-order valence-electron chi connectivity index (χ0n) is 17.3. The number of hydrogen-bond acceptors (Lipinski definition) is 5. The molecule has 0 aliphatic carbocycles. The molecule has 0 spiro atoms. The molecule has 8 nitrogen and oxygen atoms in total. The molecule has 0 aromatic carbocycles. The topological polar surface area (TPSA) is 79.1 Å². The Labute approximate surface area is 167 Å². The van der Waals surface area contributed by atoms with Crippen LogP contribution in [0.4, 0.5) is 0 Å². The highest BCUT2D eigenvalue weighted by atomic mass is 16.5. The van der Waals surface area contributed by atoms with Crippen LogP contribution in [0.25, 0.3) is 5.65 Å². The summed E-state index contributed by atoms with van der Waals surface area (Å²) in [6, 6.07) is 6.43. The van der Waals surface area contributed by atoms with Crippen molar-refractivity contribution in [1.29, 1.82) is 0 Å². The van der Waals surface area contributed by atoms with Gasteiger partial charge in [0.1, 0.15) is 5.82 Å². The zero-order valence-corrected chi connectivity index (χ0v) is 17.3. The first kappa shape index (κ1) is 20.5. The van der Waals surface area contributed by atoms with Gasteiger partial charge in [-0.05, 0) is 24.5 Å². The van der Waals surface area contributed by atoms with E-state index in [2.05, 4.69) is 44.6 Å². The smallest absolute Gasteiger partial charge is 0.191 e. The van der Waals surface area contributed by atoms with E-state index >= 15 is 0 Å². The minimum Gasteiger partial charge on any atom is -0.379 e. The second kappa shape index (κ2) is 10.4. The van der Waals surface area contributed by atoms with Crippen LogP contribution >= 0.6 is 0 Å². The van der Waals surface area contributed by atoms with Crippen LogP contribution in [0, 0.1) is 5.92 Å². The van der Waals surface area contributed by atoms with Crippen LogP contribution in [-0.2, 0) is 11.2 Å². The molecule has 28 heavy (non-hydrogen) atoms. The molecule has 1 atom stereocenters. The molecule has 3 heterocycles. The molecule has 1 unspecified atom stereocenters. The number of pyridine rings is 1. The van der Waals surface area contributed by atoms with Crippen LogP contribution in [0.2, 0.25) is 0 Å². The number of hydrogen-bond donors (Lipinski definition) is 2. The number of aliphatic imine (C=N–C) groups is 1. The van der Waals surface area contributed by atoms with Gasteiger partial charge < -0.3 is 15.4 Å². The Balaban J connectivity index is 1.42. The molecule has 0 amide bonds. The third kappa shape index (κ3) is 5.42. The van der Waals surface area contributed by atoms with Crippen LogP contribution < -0.4 is 10.6 Å². The minimum absolute atomic E-state index is 0.477. The summed E-state index contributed by atoms with van der Waals surface area (Å²) in [4.78, 5) is 6.89. The lowest BCUT2D eigenvalue weighted by Crippen LogP contribution is -2.52. The lowest BCUT2D eigenvalue weighted by Gasteiger charge is -2.37. The molecule has 2 aromatic heterocycles. The Hall–Kier alpha value is -2.19. The van der Waals surface area contributed by atoms with Crippen molar-refractivity contribution in [2.24, 2.45) is 10.9 Å². The number of nitrogens with zero attached hydrogens (tertiary/aromatic N) is 5. The number of aromatic nitrogens is 3. The molecule has 2 aromatic rings. The maximum absolute atomic E-state index is 5.49. The molecule has 154 valence electrons. The van der Waals surface area contributed by atoms with E-state index in [1.165, 1.54) is 0 Å². The van der Waals surface area contributed by atoms with Crippen LogP contribution in [-0.4, -0.2) is 77.9 Å². The van der Waals surface area contributed by atoms with Crippen LogP contribution in [0.15, 0.2) is 29.4 Å². The first-order valence-corrected chi connectivity index (χ1v) is 10.2. The predicted octanol–water partition coefficient (Wildman–Crippen LogP) is 1.18. The van der Waals surface area contributed by atoms with E-state index in [-0.39, 0.29) is 0 Å². The maximum Gasteiger partial charge on any atom is 0.191 e. The number of fused-ring (bicyclic) bond motifs is 1. The highest BCUT2D eigenvalue weighted by molar-refractivity contribution is 5.79. The summed E-state index contributed by atoms with van der Waals surface area (Å²) in [6.07, 6.45) is 3.85. The second-order valence-electron chi connectivity index (χ2n) is 7.49. The molecule has 1 aliphatic heterocycles. The van der Waals surface area contributed by atoms with Gasteiger partial charge in [0.05, 0.1) is 13.2 Å². The van der Waals surface area contributed by atoms with E-state index in [1.54, 1.807) is 0 Å². The number of aryl methyl sites for hydroxylation is 1. The van der Waals surface area contributed by atoms with Crippen molar-refractivity contribution in [2.75, 3.05) is 46.4 Å². The van der Waals surface area contributed by atoms with Gasteiger partial charge in [-0.25, -0.2) is 0 Å². The summed E-state index contributed by atoms with van der Waals surface area (Å²) in [5, 5.41) is 15.4. The molecular weight excluding hydrogens is 354 g/mol. The lowest BCUT2D eigenvalue weighted by molar-refractivity contribution is 0.00752. The van der Waals surface area contributed by atoms with Crippen molar-refractivity contribution in [2.45, 2.75) is 32.7 Å². The average molecular weight is 388 g/mol. The van der Waals surface area contributed by atoms with Crippen LogP contribution in [0.3, 0.4) is 0 Å². The van der Waals surface area contributed by atoms with Gasteiger partial charge in [0, 0.05) is 51.9 Å². The fraction of sp³-hybridized carbons (Fsp3) is 0.650. The number of morpholine rings is 1. The third-order valence-electron chi connectivity index (χ3n) is 5.24. The molecule has 3 rings (SSSR count). The molecule has 0 radical (unpaired) electrons. The fourth-order valence-electron chi connectivity index (χ4n) is 3.63. The number of ether oxygens (including phenoxy) is 1. The van der Waals surface area contributed by atoms with E-state index in [1.807, 2.05) is 35.8 Å². The quantitative estimate of drug-likeness (QED) is 0.402. The molecule has 2 N–H and O–H groups in total. The summed E-state index contributed by atoms with van der Waals surface area (Å²) in [6.45, 7) is 9.94. The Morgan fingerprint density at radius 3 is 2.79 bits per heavy atom. The number of rotatable bonds is 8. The van der Waals surface area contributed by atoms with Gasteiger partial charge in [-0.3, -0.25) is 14.3 Å². The lowest BCUT2D eigenvalue weighted by atomic mass is 10.0. The Kier molecular flexibility index (Phi) is 7.62. The third-order valence-corrected chi connectivity index (χ3v) is 5.24. The zero-order chi connectivity index (χ0) is 19.8. The average Bonchev–Trinajstić information content (AvgIpc) is 3.13. The highest BCUT2D eigenvalue weighted by Crippen LogP contribution is 2.12. The number of guanidine groups is 1. The minimum atomic E-state index is 0.477. The monoisotopic (exact) mass is 387 g/mol. The van der Waals surface area contributed by atoms with Gasteiger partial charge in [0.25, 0.3) is 0 Å². The van der Waals surface area contributed by atoms with E-state index in [9.17, 15) is 0 Å². The highest BCUT2D eigenvalue weighted by Gasteiger charge is 2.23. The predicted molar refractivity (Wildman–Crippen MR) is 112 cm³/mol. The van der Waals surface area contributed by atoms with Crippen molar-refractivity contribution < 1.29 is 4.74 Å². The van der Waals surface area contributed by atoms with Crippen molar-refractivity contribution in [3.8, 4) is 0 Å². The van der Waals surface area contributed by atoms with Crippen molar-refractivity contribution in [1.82, 2.24) is 30.1 Å². The Morgan fingerprint density at radius 2 is 2.04 bits per heavy atom. The molecule has 1 saturated heterocycles. The Morgan fingerprint density at radius 1 is 1.21 bits per heavy atom. The van der Waals surface area contributed by atoms with Gasteiger partial charge in [-0.2, -0.15) is 0 Å². The fourth-order valence-corrected chi connectivity index (χ4v) is 3.63. The summed E-state index contributed by atoms with van der Waals surface area (Å²) < 4.78 is 7.53. The molecule has 0 bridgehead atoms. The molecule has 8 heteroatoms. The standard InChI is InChI=1S/C20H33N7O/c1-16(2)17(26-11-13-28-14-12-26)15-23-20(21-3)22-9-6-8-19-25-24-18-7-4-5-10-27(18)19/h4-5,7,10,16-17H,6,8-9,11-15H2,1-3H3,(H2,21,22,23). The van der Waals surface area contributed by atoms with Gasteiger partial charge in [0.15, 0.2) is 11.6 Å². The van der Waals surface area contributed by atoms with Gasteiger partial charge >= 0.3 is 0 Å². The first-order chi connectivity index (χ1) is 13.7. The number of nitrogens with one attached hydrogen (secondary N) is 2. The van der Waals surface area contributed by atoms with E-state index in [0.29, 0.717) is 12.0 Å². The van der Waals surface area contributed by atoms with Crippen molar-refractivity contribution in [3.63, 3.8) is 0 Å². The molecule has 1 aliphatic rings. The molecule has 1 fully saturated rings. The summed E-state index contributed by atoms with van der Waals surface area (Å²) in [5.74, 6) is 2.42. The van der Waals surface area contributed by atoms with Crippen molar-refractivity contribution in [3.05, 3.63) is 30.2 Å². The molecule has 0 saturated carbocycles. The maximum atomic E-state index is 5.49. The largest absolute Gasteiger partial charge is 0.379 e. The SMILES string of the molecule is CN=C(NCCCc1nnc2ccccn12)NCC(C(C)C)N1CCOCC1. The first-order valence-electron chi connectivity index (χ1n) is 10.2. The molecular formula is C20H33N7O.